The van der Waals surface area contributed by atoms with Crippen molar-refractivity contribution < 1.29 is 0 Å². The molecule has 0 radical (unpaired) electrons. The first kappa shape index (κ1) is 14.1. The quantitative estimate of drug-likeness (QED) is 0.910. The lowest BCUT2D eigenvalue weighted by atomic mass is 10.0. The molecule has 1 aromatic heterocycles. The smallest absolute Gasteiger partial charge is 0.112 e. The molecule has 0 unspecified atom stereocenters. The second kappa shape index (κ2) is 6.22. The van der Waals surface area contributed by atoms with Crippen molar-refractivity contribution >= 4 is 11.6 Å². The van der Waals surface area contributed by atoms with Crippen molar-refractivity contribution in [1.29, 1.82) is 0 Å². The van der Waals surface area contributed by atoms with Crippen LogP contribution in [0.4, 0.5) is 0 Å². The van der Waals surface area contributed by atoms with Crippen molar-refractivity contribution in [2.75, 3.05) is 0 Å². The first-order chi connectivity index (χ1) is 9.06. The summed E-state index contributed by atoms with van der Waals surface area (Å²) in [6.07, 6.45) is 4.59. The highest BCUT2D eigenvalue weighted by Crippen LogP contribution is 2.19. The van der Waals surface area contributed by atoms with Gasteiger partial charge in [0.2, 0.25) is 0 Å². The summed E-state index contributed by atoms with van der Waals surface area (Å²) in [4.78, 5) is 4.38. The Kier molecular flexibility index (Phi) is 4.61. The number of nitrogens with zero attached hydrogens (tertiary/aromatic N) is 2. The zero-order valence-corrected chi connectivity index (χ0v) is 12.4. The maximum absolute atomic E-state index is 6.11. The molecule has 0 atom stereocenters. The monoisotopic (exact) mass is 277 g/mol. The van der Waals surface area contributed by atoms with Gasteiger partial charge in [0.25, 0.3) is 0 Å². The summed E-state index contributed by atoms with van der Waals surface area (Å²) in [6.45, 7) is 5.15. The van der Waals surface area contributed by atoms with Crippen LogP contribution in [0.1, 0.15) is 30.8 Å². The third-order valence-electron chi connectivity index (χ3n) is 3.14. The Labute approximate surface area is 119 Å². The van der Waals surface area contributed by atoms with Crippen LogP contribution in [-0.4, -0.2) is 15.6 Å². The van der Waals surface area contributed by atoms with Gasteiger partial charge in [-0.3, -0.25) is 0 Å². The van der Waals surface area contributed by atoms with E-state index in [4.69, 9.17) is 11.6 Å². The highest BCUT2D eigenvalue weighted by atomic mass is 35.5. The van der Waals surface area contributed by atoms with Crippen molar-refractivity contribution in [2.24, 2.45) is 7.05 Å². The number of aromatic nitrogens is 2. The Morgan fingerprint density at radius 2 is 2.11 bits per heavy atom. The number of hydrogen-bond acceptors (Lipinski definition) is 2. The minimum Gasteiger partial charge on any atom is -0.338 e. The first-order valence-corrected chi connectivity index (χ1v) is 6.91. The molecule has 19 heavy (non-hydrogen) atoms. The van der Waals surface area contributed by atoms with E-state index >= 15 is 0 Å². The molecule has 0 bridgehead atoms. The van der Waals surface area contributed by atoms with Crippen molar-refractivity contribution in [2.45, 2.75) is 32.9 Å². The molecular weight excluding hydrogens is 258 g/mol. The van der Waals surface area contributed by atoms with Gasteiger partial charge >= 0.3 is 0 Å². The third kappa shape index (κ3) is 3.82. The van der Waals surface area contributed by atoms with Crippen LogP contribution in [0.5, 0.6) is 0 Å². The molecule has 1 aromatic carbocycles. The summed E-state index contributed by atoms with van der Waals surface area (Å²) < 4.78 is 2.04. The van der Waals surface area contributed by atoms with Crippen molar-refractivity contribution in [3.63, 3.8) is 0 Å². The van der Waals surface area contributed by atoms with Gasteiger partial charge < -0.3 is 9.88 Å². The third-order valence-corrected chi connectivity index (χ3v) is 3.37. The SMILES string of the molecule is CC(C)NCc1ccc(Cl)cc1Cc1nccn1C. The number of benzene rings is 1. The molecule has 0 aliphatic heterocycles. The van der Waals surface area contributed by atoms with Crippen molar-refractivity contribution in [3.8, 4) is 0 Å². The second-order valence-electron chi connectivity index (χ2n) is 5.08. The molecule has 0 fully saturated rings. The summed E-state index contributed by atoms with van der Waals surface area (Å²) in [5, 5.41) is 4.22. The molecule has 3 nitrogen and oxygen atoms in total. The van der Waals surface area contributed by atoms with Gasteiger partial charge in [-0.15, -0.1) is 0 Å². The maximum Gasteiger partial charge on any atom is 0.112 e. The van der Waals surface area contributed by atoms with Crippen molar-refractivity contribution in [1.82, 2.24) is 14.9 Å². The Hall–Kier alpha value is -1.32. The predicted molar refractivity (Wildman–Crippen MR) is 79.4 cm³/mol. The zero-order chi connectivity index (χ0) is 13.8. The van der Waals surface area contributed by atoms with Gasteiger partial charge in [0.05, 0.1) is 0 Å². The number of rotatable bonds is 5. The first-order valence-electron chi connectivity index (χ1n) is 6.53. The van der Waals surface area contributed by atoms with E-state index in [0.29, 0.717) is 6.04 Å². The number of imidazole rings is 1. The molecule has 0 amide bonds. The lowest BCUT2D eigenvalue weighted by molar-refractivity contribution is 0.586. The van der Waals surface area contributed by atoms with Gasteiger partial charge in [-0.05, 0) is 23.3 Å². The van der Waals surface area contributed by atoms with Crippen LogP contribution in [0.25, 0.3) is 0 Å². The normalized spacial score (nSPS) is 11.2. The Morgan fingerprint density at radius 3 is 2.74 bits per heavy atom. The van der Waals surface area contributed by atoms with E-state index < -0.39 is 0 Å². The highest BCUT2D eigenvalue weighted by molar-refractivity contribution is 6.30. The van der Waals surface area contributed by atoms with E-state index in [-0.39, 0.29) is 0 Å². The maximum atomic E-state index is 6.11. The minimum absolute atomic E-state index is 0.469. The topological polar surface area (TPSA) is 29.9 Å². The van der Waals surface area contributed by atoms with Gasteiger partial charge in [0.1, 0.15) is 5.82 Å². The fourth-order valence-electron chi connectivity index (χ4n) is 1.98. The molecule has 0 spiro atoms. The van der Waals surface area contributed by atoms with Crippen LogP contribution in [-0.2, 0) is 20.0 Å². The summed E-state index contributed by atoms with van der Waals surface area (Å²) in [5.74, 6) is 1.05. The Bertz CT molecular complexity index is 546. The fourth-order valence-corrected chi connectivity index (χ4v) is 2.18. The van der Waals surface area contributed by atoms with E-state index in [9.17, 15) is 0 Å². The zero-order valence-electron chi connectivity index (χ0n) is 11.7. The minimum atomic E-state index is 0.469. The van der Waals surface area contributed by atoms with E-state index in [1.54, 1.807) is 0 Å². The molecule has 1 N–H and O–H groups in total. The molecule has 102 valence electrons. The lowest BCUT2D eigenvalue weighted by Crippen LogP contribution is -2.22. The standard InChI is InChI=1S/C15H20ClN3/c1-11(2)18-10-12-4-5-14(16)8-13(12)9-15-17-6-7-19(15)3/h4-8,11,18H,9-10H2,1-3H3. The largest absolute Gasteiger partial charge is 0.338 e. The van der Waals surface area contributed by atoms with Crippen LogP contribution in [0.3, 0.4) is 0 Å². The van der Waals surface area contributed by atoms with Gasteiger partial charge in [-0.25, -0.2) is 4.98 Å². The molecular formula is C15H20ClN3. The van der Waals surface area contributed by atoms with Gasteiger partial charge in [0, 0.05) is 43.5 Å². The number of hydrogen-bond donors (Lipinski definition) is 1. The lowest BCUT2D eigenvalue weighted by Gasteiger charge is -2.13. The molecule has 2 aromatic rings. The Balaban J connectivity index is 2.22. The number of aryl methyl sites for hydroxylation is 1. The fraction of sp³-hybridized carbons (Fsp3) is 0.400. The summed E-state index contributed by atoms with van der Waals surface area (Å²) in [7, 11) is 2.01. The summed E-state index contributed by atoms with van der Waals surface area (Å²) in [5.41, 5.74) is 2.51. The van der Waals surface area contributed by atoms with Gasteiger partial charge in [0.15, 0.2) is 0 Å². The summed E-state index contributed by atoms with van der Waals surface area (Å²) >= 11 is 6.11. The van der Waals surface area contributed by atoms with Crippen LogP contribution in [0, 0.1) is 0 Å². The predicted octanol–water partition coefficient (Wildman–Crippen LogP) is 3.16. The van der Waals surface area contributed by atoms with E-state index in [1.165, 1.54) is 11.1 Å². The van der Waals surface area contributed by atoms with E-state index in [0.717, 1.165) is 23.8 Å². The highest BCUT2D eigenvalue weighted by Gasteiger charge is 2.08. The average molecular weight is 278 g/mol. The van der Waals surface area contributed by atoms with Crippen LogP contribution < -0.4 is 5.32 Å². The van der Waals surface area contributed by atoms with Crippen LogP contribution in [0.15, 0.2) is 30.6 Å². The Morgan fingerprint density at radius 1 is 1.32 bits per heavy atom. The van der Waals surface area contributed by atoms with Crippen molar-refractivity contribution in [3.05, 3.63) is 52.6 Å². The van der Waals surface area contributed by atoms with E-state index in [2.05, 4.69) is 30.2 Å². The molecule has 2 rings (SSSR count). The summed E-state index contributed by atoms with van der Waals surface area (Å²) in [6, 6.07) is 6.54. The average Bonchev–Trinajstić information content (AvgIpc) is 2.74. The molecule has 0 aliphatic rings. The van der Waals surface area contributed by atoms with Gasteiger partial charge in [-0.1, -0.05) is 31.5 Å². The molecule has 0 aliphatic carbocycles. The number of halogens is 1. The second-order valence-corrected chi connectivity index (χ2v) is 5.52. The van der Waals surface area contributed by atoms with Crippen LogP contribution in [0.2, 0.25) is 5.02 Å². The molecule has 4 heteroatoms. The molecule has 0 saturated carbocycles. The van der Waals surface area contributed by atoms with Gasteiger partial charge in [-0.2, -0.15) is 0 Å². The number of nitrogens with one attached hydrogen (secondary N) is 1. The van der Waals surface area contributed by atoms with E-state index in [1.807, 2.05) is 36.1 Å². The molecule has 1 heterocycles. The molecule has 0 saturated heterocycles. The van der Waals surface area contributed by atoms with Crippen LogP contribution >= 0.6 is 11.6 Å².